The third kappa shape index (κ3) is 4.83. The Morgan fingerprint density at radius 3 is 1.63 bits per heavy atom. The molecule has 0 N–H and O–H groups in total. The first-order valence-electron chi connectivity index (χ1n) is 16.2. The lowest BCUT2D eigenvalue weighted by molar-refractivity contribution is 1.18. The Hall–Kier alpha value is -6.88. The van der Waals surface area contributed by atoms with E-state index in [4.69, 9.17) is 0 Å². The Bertz CT molecular complexity index is 2660. The lowest BCUT2D eigenvalue weighted by Gasteiger charge is -2.18. The summed E-state index contributed by atoms with van der Waals surface area (Å²) in [6.07, 6.45) is 3.69. The van der Waals surface area contributed by atoms with Crippen molar-refractivity contribution in [2.45, 2.75) is 6.92 Å². The minimum Gasteiger partial charge on any atom is -0.313 e. The number of rotatable bonds is 6. The minimum absolute atomic E-state index is 0.443. The SMILES string of the molecule is C=C(/C=C(C#N)\C=C(/C)n1c2ccccc2c2ccccc21)c1c(C#N)cccc1-c1ccccc1-n1c2ccccc2c2ccccc21. The van der Waals surface area contributed by atoms with E-state index in [0.29, 0.717) is 22.3 Å². The zero-order valence-electron chi connectivity index (χ0n) is 26.9. The first kappa shape index (κ1) is 29.5. The van der Waals surface area contributed by atoms with Crippen LogP contribution in [0.3, 0.4) is 0 Å². The standard InChI is InChI=1S/C45H30N4/c1-30(26-32(28-46)27-31(2)48-40-21-8-3-15-34(40)35-16-4-9-22-41(35)48)45-33(29-47)14-13-20-39(45)38-19-7-12-25-44(38)49-42-23-10-5-17-36(42)37-18-6-11-24-43(37)49/h3-27H,1H2,2H3/b31-27+,32-26+. The Morgan fingerprint density at radius 1 is 0.571 bits per heavy atom. The number of para-hydroxylation sites is 5. The highest BCUT2D eigenvalue weighted by Gasteiger charge is 2.19. The molecule has 2 heterocycles. The van der Waals surface area contributed by atoms with Crippen molar-refractivity contribution in [2.75, 3.05) is 0 Å². The van der Waals surface area contributed by atoms with Crippen molar-refractivity contribution >= 4 is 54.9 Å². The van der Waals surface area contributed by atoms with Crippen LogP contribution in [0.15, 0.2) is 164 Å². The summed E-state index contributed by atoms with van der Waals surface area (Å²) in [5.74, 6) is 0. The molecular formula is C45H30N4. The molecule has 0 saturated carbocycles. The summed E-state index contributed by atoms with van der Waals surface area (Å²) in [6.45, 7) is 6.47. The zero-order chi connectivity index (χ0) is 33.5. The normalized spacial score (nSPS) is 12.1. The van der Waals surface area contributed by atoms with Crippen molar-refractivity contribution in [2.24, 2.45) is 0 Å². The van der Waals surface area contributed by atoms with Gasteiger partial charge in [0.25, 0.3) is 0 Å². The predicted octanol–water partition coefficient (Wildman–Crippen LogP) is 11.5. The maximum atomic E-state index is 10.4. The van der Waals surface area contributed by atoms with Gasteiger partial charge >= 0.3 is 0 Å². The molecule has 0 aliphatic rings. The molecule has 0 atom stereocenters. The number of benzene rings is 6. The van der Waals surface area contributed by atoms with Crippen molar-refractivity contribution in [3.05, 3.63) is 175 Å². The summed E-state index contributed by atoms with van der Waals surface area (Å²) in [5, 5.41) is 25.4. The van der Waals surface area contributed by atoms with Gasteiger partial charge in [0.05, 0.1) is 51.0 Å². The molecule has 6 aromatic carbocycles. The summed E-state index contributed by atoms with van der Waals surface area (Å²) in [6, 6.07) is 52.3. The summed E-state index contributed by atoms with van der Waals surface area (Å²) in [4.78, 5) is 0. The third-order valence-electron chi connectivity index (χ3n) is 9.28. The van der Waals surface area contributed by atoms with E-state index in [9.17, 15) is 10.5 Å². The molecule has 8 aromatic rings. The lowest BCUT2D eigenvalue weighted by Crippen LogP contribution is -2.00. The molecule has 8 rings (SSSR count). The van der Waals surface area contributed by atoms with Gasteiger partial charge in [-0.2, -0.15) is 10.5 Å². The van der Waals surface area contributed by atoms with Gasteiger partial charge in [-0.1, -0.05) is 110 Å². The summed E-state index contributed by atoms with van der Waals surface area (Å²) < 4.78 is 4.48. The van der Waals surface area contributed by atoms with Gasteiger partial charge in [-0.3, -0.25) is 0 Å². The number of aromatic nitrogens is 2. The lowest BCUT2D eigenvalue weighted by atomic mass is 9.89. The van der Waals surface area contributed by atoms with Crippen LogP contribution in [0.5, 0.6) is 0 Å². The highest BCUT2D eigenvalue weighted by molar-refractivity contribution is 6.11. The van der Waals surface area contributed by atoms with E-state index in [1.807, 2.05) is 67.6 Å². The van der Waals surface area contributed by atoms with Gasteiger partial charge in [-0.15, -0.1) is 0 Å². The van der Waals surface area contributed by atoms with E-state index in [-0.39, 0.29) is 0 Å². The van der Waals surface area contributed by atoms with E-state index >= 15 is 0 Å². The summed E-state index contributed by atoms with van der Waals surface area (Å²) >= 11 is 0. The van der Waals surface area contributed by atoms with Gasteiger partial charge in [0, 0.05) is 38.4 Å². The molecule has 0 saturated heterocycles. The maximum Gasteiger partial charge on any atom is 0.0998 e. The van der Waals surface area contributed by atoms with Gasteiger partial charge < -0.3 is 9.13 Å². The highest BCUT2D eigenvalue weighted by Crippen LogP contribution is 2.40. The Kier molecular flexibility index (Phi) is 7.26. The molecule has 4 nitrogen and oxygen atoms in total. The molecule has 49 heavy (non-hydrogen) atoms. The molecule has 0 bridgehead atoms. The maximum absolute atomic E-state index is 10.4. The molecule has 0 amide bonds. The topological polar surface area (TPSA) is 57.4 Å². The summed E-state index contributed by atoms with van der Waals surface area (Å²) in [5.41, 5.74) is 10.3. The van der Waals surface area contributed by atoms with Crippen LogP contribution in [0.25, 0.3) is 71.7 Å². The Balaban J connectivity index is 1.28. The minimum atomic E-state index is 0.443. The van der Waals surface area contributed by atoms with Crippen molar-refractivity contribution < 1.29 is 0 Å². The molecule has 0 spiro atoms. The fourth-order valence-corrected chi connectivity index (χ4v) is 7.25. The number of fused-ring (bicyclic) bond motifs is 6. The van der Waals surface area contributed by atoms with E-state index in [2.05, 4.69) is 113 Å². The molecule has 0 aliphatic heterocycles. The second-order valence-corrected chi connectivity index (χ2v) is 12.1. The fourth-order valence-electron chi connectivity index (χ4n) is 7.25. The van der Waals surface area contributed by atoms with E-state index in [1.165, 1.54) is 10.8 Å². The quantitative estimate of drug-likeness (QED) is 0.136. The second kappa shape index (κ2) is 12.0. The molecule has 0 aliphatic carbocycles. The number of hydrogen-bond donors (Lipinski definition) is 0. The monoisotopic (exact) mass is 626 g/mol. The van der Waals surface area contributed by atoms with Gasteiger partial charge in [-0.25, -0.2) is 0 Å². The third-order valence-corrected chi connectivity index (χ3v) is 9.28. The molecule has 0 radical (unpaired) electrons. The molecule has 0 fully saturated rings. The number of hydrogen-bond acceptors (Lipinski definition) is 2. The fraction of sp³-hybridized carbons (Fsp3) is 0.0222. The molecule has 230 valence electrons. The molecule has 0 unspecified atom stereocenters. The number of nitriles is 2. The van der Waals surface area contributed by atoms with Crippen molar-refractivity contribution in [3.63, 3.8) is 0 Å². The predicted molar refractivity (Wildman–Crippen MR) is 203 cm³/mol. The van der Waals surface area contributed by atoms with E-state index < -0.39 is 0 Å². The first-order chi connectivity index (χ1) is 24.1. The average Bonchev–Trinajstić information content (AvgIpc) is 3.67. The van der Waals surface area contributed by atoms with Crippen LogP contribution in [0, 0.1) is 22.7 Å². The van der Waals surface area contributed by atoms with Crippen LogP contribution in [0.4, 0.5) is 0 Å². The van der Waals surface area contributed by atoms with Gasteiger partial charge in [0.1, 0.15) is 0 Å². The van der Waals surface area contributed by atoms with Crippen LogP contribution < -0.4 is 0 Å². The van der Waals surface area contributed by atoms with Crippen molar-refractivity contribution in [3.8, 4) is 29.0 Å². The van der Waals surface area contributed by atoms with E-state index in [0.717, 1.165) is 55.4 Å². The van der Waals surface area contributed by atoms with Crippen molar-refractivity contribution in [1.29, 1.82) is 10.5 Å². The average molecular weight is 627 g/mol. The summed E-state index contributed by atoms with van der Waals surface area (Å²) in [7, 11) is 0. The van der Waals surface area contributed by atoms with Crippen LogP contribution in [0.2, 0.25) is 0 Å². The van der Waals surface area contributed by atoms with Crippen LogP contribution in [-0.2, 0) is 0 Å². The van der Waals surface area contributed by atoms with Crippen LogP contribution in [-0.4, -0.2) is 9.13 Å². The van der Waals surface area contributed by atoms with Gasteiger partial charge in [-0.05, 0) is 66.6 Å². The Labute approximate surface area is 284 Å². The van der Waals surface area contributed by atoms with Crippen molar-refractivity contribution in [1.82, 2.24) is 9.13 Å². The number of allylic oxidation sites excluding steroid dienone is 5. The second-order valence-electron chi connectivity index (χ2n) is 12.1. The zero-order valence-corrected chi connectivity index (χ0v) is 26.9. The van der Waals surface area contributed by atoms with Crippen LogP contribution in [0.1, 0.15) is 18.1 Å². The van der Waals surface area contributed by atoms with E-state index in [1.54, 1.807) is 6.08 Å². The molecular weight excluding hydrogens is 597 g/mol. The Morgan fingerprint density at radius 2 is 1.06 bits per heavy atom. The van der Waals surface area contributed by atoms with Crippen LogP contribution >= 0.6 is 0 Å². The first-order valence-corrected chi connectivity index (χ1v) is 16.2. The smallest absolute Gasteiger partial charge is 0.0998 e. The van der Waals surface area contributed by atoms with Gasteiger partial charge in [0.2, 0.25) is 0 Å². The number of nitrogens with zero attached hydrogens (tertiary/aromatic N) is 4. The largest absolute Gasteiger partial charge is 0.313 e. The van der Waals surface area contributed by atoms with Gasteiger partial charge in [0.15, 0.2) is 0 Å². The molecule has 4 heteroatoms. The highest BCUT2D eigenvalue weighted by atomic mass is 15.0. The molecule has 2 aromatic heterocycles.